The van der Waals surface area contributed by atoms with Gasteiger partial charge in [0, 0.05) is 12.5 Å². The third-order valence-corrected chi connectivity index (χ3v) is 1.74. The molecule has 66 valence electrons. The van der Waals surface area contributed by atoms with Gasteiger partial charge in [-0.15, -0.1) is 0 Å². The molecule has 0 aromatic carbocycles. The quantitative estimate of drug-likeness (QED) is 0.662. The first-order valence-corrected chi connectivity index (χ1v) is 4.35. The predicted molar refractivity (Wildman–Crippen MR) is 47.3 cm³/mol. The second-order valence-electron chi connectivity index (χ2n) is 3.45. The van der Waals surface area contributed by atoms with Gasteiger partial charge < -0.3 is 5.32 Å². The van der Waals surface area contributed by atoms with Gasteiger partial charge in [-0.05, 0) is 12.3 Å². The van der Waals surface area contributed by atoms with E-state index >= 15 is 0 Å². The van der Waals surface area contributed by atoms with Gasteiger partial charge in [-0.25, -0.2) is 0 Å². The van der Waals surface area contributed by atoms with Gasteiger partial charge in [-0.3, -0.25) is 4.79 Å². The van der Waals surface area contributed by atoms with Crippen LogP contribution in [0.4, 0.5) is 0 Å². The highest BCUT2D eigenvalue weighted by Gasteiger charge is 2.09. The summed E-state index contributed by atoms with van der Waals surface area (Å²) in [5.74, 6) is 0.887. The van der Waals surface area contributed by atoms with Gasteiger partial charge in [0.25, 0.3) is 0 Å². The Morgan fingerprint density at radius 2 is 1.91 bits per heavy atom. The van der Waals surface area contributed by atoms with E-state index in [4.69, 9.17) is 0 Å². The minimum Gasteiger partial charge on any atom is -0.356 e. The molecule has 1 N–H and O–H groups in total. The van der Waals surface area contributed by atoms with Gasteiger partial charge in [0.05, 0.1) is 0 Å². The van der Waals surface area contributed by atoms with Crippen LogP contribution in [0.2, 0.25) is 0 Å². The van der Waals surface area contributed by atoms with Crippen molar-refractivity contribution in [2.75, 3.05) is 6.54 Å². The zero-order chi connectivity index (χ0) is 8.85. The summed E-state index contributed by atoms with van der Waals surface area (Å²) in [4.78, 5) is 11.2. The normalized spacial score (nSPS) is 13.2. The van der Waals surface area contributed by atoms with Crippen molar-refractivity contribution in [3.8, 4) is 0 Å². The topological polar surface area (TPSA) is 29.1 Å². The zero-order valence-corrected chi connectivity index (χ0v) is 7.98. The third kappa shape index (κ3) is 4.82. The molecule has 0 spiro atoms. The minimum absolute atomic E-state index is 0.161. The zero-order valence-electron chi connectivity index (χ0n) is 7.98. The lowest BCUT2D eigenvalue weighted by molar-refractivity contribution is -0.124. The molecule has 0 fully saturated rings. The van der Waals surface area contributed by atoms with Crippen LogP contribution < -0.4 is 5.32 Å². The van der Waals surface area contributed by atoms with Crippen LogP contribution in [0.1, 0.15) is 34.1 Å². The molecular weight excluding hydrogens is 138 g/mol. The molecule has 0 rings (SSSR count). The summed E-state index contributed by atoms with van der Waals surface area (Å²) in [6.45, 7) is 8.96. The summed E-state index contributed by atoms with van der Waals surface area (Å²) in [5, 5.41) is 2.89. The maximum Gasteiger partial charge on any atom is 0.222 e. The fourth-order valence-corrected chi connectivity index (χ4v) is 0.664. The lowest BCUT2D eigenvalue weighted by Gasteiger charge is -2.11. The van der Waals surface area contributed by atoms with Crippen LogP contribution in [-0.4, -0.2) is 12.5 Å². The summed E-state index contributed by atoms with van der Waals surface area (Å²) in [7, 11) is 0. The number of carbonyl (C=O) groups excluding carboxylic acids is 1. The van der Waals surface area contributed by atoms with Crippen molar-refractivity contribution in [1.82, 2.24) is 5.32 Å². The van der Waals surface area contributed by atoms with E-state index in [-0.39, 0.29) is 11.8 Å². The fourth-order valence-electron chi connectivity index (χ4n) is 0.664. The Balaban J connectivity index is 3.52. The molecule has 0 aromatic heterocycles. The van der Waals surface area contributed by atoms with Crippen LogP contribution in [0.15, 0.2) is 0 Å². The van der Waals surface area contributed by atoms with E-state index in [1.165, 1.54) is 0 Å². The molecule has 0 radical (unpaired) electrons. The summed E-state index contributed by atoms with van der Waals surface area (Å²) < 4.78 is 0. The highest BCUT2D eigenvalue weighted by Crippen LogP contribution is 1.99. The Kier molecular flexibility index (Phi) is 4.92. The molecule has 2 heteroatoms. The predicted octanol–water partition coefficient (Wildman–Crippen LogP) is 1.80. The molecule has 0 heterocycles. The van der Waals surface area contributed by atoms with Gasteiger partial charge in [0.2, 0.25) is 5.91 Å². The van der Waals surface area contributed by atoms with Crippen LogP contribution in [0, 0.1) is 11.8 Å². The lowest BCUT2D eigenvalue weighted by atomic mass is 10.1. The van der Waals surface area contributed by atoms with Crippen molar-refractivity contribution in [1.29, 1.82) is 0 Å². The van der Waals surface area contributed by atoms with Crippen molar-refractivity contribution in [3.63, 3.8) is 0 Å². The SMILES string of the molecule is CCC(C)C(=O)NCC(C)C. The molecular formula is C9H19NO. The van der Waals surface area contributed by atoms with Crippen LogP contribution in [0.25, 0.3) is 0 Å². The second kappa shape index (κ2) is 5.16. The molecule has 11 heavy (non-hydrogen) atoms. The first-order chi connectivity index (χ1) is 5.07. The molecule has 0 aliphatic carbocycles. The van der Waals surface area contributed by atoms with Crippen molar-refractivity contribution in [2.45, 2.75) is 34.1 Å². The number of nitrogens with one attached hydrogen (secondary N) is 1. The number of carbonyl (C=O) groups is 1. The van der Waals surface area contributed by atoms with E-state index in [1.807, 2.05) is 13.8 Å². The number of hydrogen-bond acceptors (Lipinski definition) is 1. The highest BCUT2D eigenvalue weighted by molar-refractivity contribution is 5.78. The van der Waals surface area contributed by atoms with E-state index in [9.17, 15) is 4.79 Å². The summed E-state index contributed by atoms with van der Waals surface area (Å²) >= 11 is 0. The van der Waals surface area contributed by atoms with Crippen molar-refractivity contribution >= 4 is 5.91 Å². The molecule has 0 bridgehead atoms. The van der Waals surface area contributed by atoms with Crippen LogP contribution in [0.5, 0.6) is 0 Å². The summed E-state index contributed by atoms with van der Waals surface area (Å²) in [6.07, 6.45) is 0.921. The molecule has 1 atom stereocenters. The third-order valence-electron chi connectivity index (χ3n) is 1.74. The standard InChI is InChI=1S/C9H19NO/c1-5-8(4)9(11)10-6-7(2)3/h7-8H,5-6H2,1-4H3,(H,10,11). The first-order valence-electron chi connectivity index (χ1n) is 4.35. The van der Waals surface area contributed by atoms with E-state index in [0.29, 0.717) is 5.92 Å². The number of amides is 1. The van der Waals surface area contributed by atoms with Gasteiger partial charge in [-0.1, -0.05) is 27.7 Å². The Morgan fingerprint density at radius 1 is 1.36 bits per heavy atom. The smallest absolute Gasteiger partial charge is 0.222 e. The van der Waals surface area contributed by atoms with E-state index in [2.05, 4.69) is 19.2 Å². The maximum atomic E-state index is 11.2. The molecule has 0 aliphatic heterocycles. The summed E-state index contributed by atoms with van der Waals surface area (Å²) in [6, 6.07) is 0. The Bertz CT molecular complexity index is 121. The van der Waals surface area contributed by atoms with Gasteiger partial charge >= 0.3 is 0 Å². The fraction of sp³-hybridized carbons (Fsp3) is 0.889. The van der Waals surface area contributed by atoms with Crippen LogP contribution in [0.3, 0.4) is 0 Å². The van der Waals surface area contributed by atoms with Crippen LogP contribution >= 0.6 is 0 Å². The van der Waals surface area contributed by atoms with Gasteiger partial charge in [0.15, 0.2) is 0 Å². The molecule has 0 aliphatic rings. The molecule has 1 unspecified atom stereocenters. The van der Waals surface area contributed by atoms with Crippen molar-refractivity contribution in [2.24, 2.45) is 11.8 Å². The van der Waals surface area contributed by atoms with Gasteiger partial charge in [-0.2, -0.15) is 0 Å². The molecule has 0 saturated carbocycles. The highest BCUT2D eigenvalue weighted by atomic mass is 16.1. The van der Waals surface area contributed by atoms with Crippen LogP contribution in [-0.2, 0) is 4.79 Å². The van der Waals surface area contributed by atoms with Gasteiger partial charge in [0.1, 0.15) is 0 Å². The average molecular weight is 157 g/mol. The number of hydrogen-bond donors (Lipinski definition) is 1. The Morgan fingerprint density at radius 3 is 2.27 bits per heavy atom. The van der Waals surface area contributed by atoms with E-state index < -0.39 is 0 Å². The van der Waals surface area contributed by atoms with E-state index in [1.54, 1.807) is 0 Å². The number of rotatable bonds is 4. The molecule has 1 amide bonds. The van der Waals surface area contributed by atoms with Crippen molar-refractivity contribution < 1.29 is 4.79 Å². The Labute approximate surface area is 69.4 Å². The molecule has 0 saturated heterocycles. The van der Waals surface area contributed by atoms with E-state index in [0.717, 1.165) is 13.0 Å². The minimum atomic E-state index is 0.161. The Hall–Kier alpha value is -0.530. The second-order valence-corrected chi connectivity index (χ2v) is 3.45. The maximum absolute atomic E-state index is 11.2. The lowest BCUT2D eigenvalue weighted by Crippen LogP contribution is -2.31. The summed E-state index contributed by atoms with van der Waals surface area (Å²) in [5.41, 5.74) is 0. The first kappa shape index (κ1) is 10.5. The van der Waals surface area contributed by atoms with Crippen molar-refractivity contribution in [3.05, 3.63) is 0 Å². The molecule has 0 aromatic rings. The molecule has 2 nitrogen and oxygen atoms in total. The largest absolute Gasteiger partial charge is 0.356 e. The monoisotopic (exact) mass is 157 g/mol. The average Bonchev–Trinajstić information content (AvgIpc) is 1.98.